The molecule has 0 bridgehead atoms. The van der Waals surface area contributed by atoms with Crippen LogP contribution in [0.25, 0.3) is 11.4 Å². The van der Waals surface area contributed by atoms with E-state index in [4.69, 9.17) is 11.6 Å². The molecule has 0 N–H and O–H groups in total. The number of aromatic nitrogens is 3. The van der Waals surface area contributed by atoms with E-state index in [0.29, 0.717) is 10.8 Å². The van der Waals surface area contributed by atoms with Gasteiger partial charge in [-0.15, -0.1) is 0 Å². The molecule has 0 aliphatic rings. The molecule has 0 unspecified atom stereocenters. The van der Waals surface area contributed by atoms with Crippen LogP contribution in [0.2, 0.25) is 5.15 Å². The lowest BCUT2D eigenvalue weighted by Gasteiger charge is -1.96. The molecular weight excluding hydrogens is 206 g/mol. The molecule has 0 radical (unpaired) electrons. The second-order valence-corrected chi connectivity index (χ2v) is 3.45. The Balaban J connectivity index is 2.53. The lowest BCUT2D eigenvalue weighted by Crippen LogP contribution is -1.86. The Bertz CT molecular complexity index is 427. The highest BCUT2D eigenvalue weighted by Crippen LogP contribution is 2.23. The molecular formula is C8H6ClN3S. The largest absolute Gasteiger partial charge is 0.251 e. The first-order valence-electron chi connectivity index (χ1n) is 3.69. The van der Waals surface area contributed by atoms with E-state index in [2.05, 4.69) is 13.7 Å². The summed E-state index contributed by atoms with van der Waals surface area (Å²) in [5, 5.41) is 0.420. The molecule has 0 atom stereocenters. The average Bonchev–Trinajstić information content (AvgIpc) is 2.51. The molecule has 66 valence electrons. The van der Waals surface area contributed by atoms with Crippen LogP contribution in [0.4, 0.5) is 0 Å². The van der Waals surface area contributed by atoms with Crippen LogP contribution in [0.3, 0.4) is 0 Å². The fraction of sp³-hybridized carbons (Fsp3) is 0.125. The van der Waals surface area contributed by atoms with Gasteiger partial charge in [-0.1, -0.05) is 17.7 Å². The highest BCUT2D eigenvalue weighted by atomic mass is 35.5. The van der Waals surface area contributed by atoms with Crippen molar-refractivity contribution < 1.29 is 0 Å². The number of hydrogen-bond acceptors (Lipinski definition) is 4. The molecule has 13 heavy (non-hydrogen) atoms. The first-order valence-corrected chi connectivity index (χ1v) is 4.80. The van der Waals surface area contributed by atoms with Gasteiger partial charge in [0.25, 0.3) is 0 Å². The molecule has 3 nitrogen and oxygen atoms in total. The summed E-state index contributed by atoms with van der Waals surface area (Å²) in [4.78, 5) is 4.30. The summed E-state index contributed by atoms with van der Waals surface area (Å²) in [7, 11) is 0. The minimum atomic E-state index is 0.420. The predicted octanol–water partition coefficient (Wildman–Crippen LogP) is 2.56. The molecule has 0 amide bonds. The SMILES string of the molecule is Cc1cccc(-c2nsnc2Cl)n1. The van der Waals surface area contributed by atoms with Gasteiger partial charge in [0.1, 0.15) is 5.69 Å². The van der Waals surface area contributed by atoms with E-state index in [1.165, 1.54) is 0 Å². The maximum Gasteiger partial charge on any atom is 0.172 e. The summed E-state index contributed by atoms with van der Waals surface area (Å²) in [6, 6.07) is 5.72. The zero-order valence-electron chi connectivity index (χ0n) is 6.86. The van der Waals surface area contributed by atoms with Crippen LogP contribution in [0.15, 0.2) is 18.2 Å². The van der Waals surface area contributed by atoms with Crippen molar-refractivity contribution in [3.8, 4) is 11.4 Å². The Morgan fingerprint density at radius 1 is 1.31 bits per heavy atom. The number of hydrogen-bond donors (Lipinski definition) is 0. The van der Waals surface area contributed by atoms with Crippen molar-refractivity contribution in [2.75, 3.05) is 0 Å². The molecule has 5 heteroatoms. The zero-order chi connectivity index (χ0) is 9.26. The van der Waals surface area contributed by atoms with Crippen molar-refractivity contribution in [2.24, 2.45) is 0 Å². The minimum Gasteiger partial charge on any atom is -0.251 e. The van der Waals surface area contributed by atoms with Gasteiger partial charge in [-0.3, -0.25) is 4.98 Å². The van der Waals surface area contributed by atoms with Crippen LogP contribution in [-0.2, 0) is 0 Å². The number of pyridine rings is 1. The van der Waals surface area contributed by atoms with Gasteiger partial charge in [-0.05, 0) is 19.1 Å². The molecule has 0 aliphatic heterocycles. The van der Waals surface area contributed by atoms with E-state index in [0.717, 1.165) is 23.1 Å². The maximum absolute atomic E-state index is 5.82. The topological polar surface area (TPSA) is 38.7 Å². The van der Waals surface area contributed by atoms with Crippen molar-refractivity contribution >= 4 is 23.3 Å². The molecule has 0 saturated carbocycles. The second-order valence-electron chi connectivity index (χ2n) is 2.57. The highest BCUT2D eigenvalue weighted by Gasteiger charge is 2.08. The highest BCUT2D eigenvalue weighted by molar-refractivity contribution is 6.99. The smallest absolute Gasteiger partial charge is 0.172 e. The molecule has 0 aliphatic carbocycles. The van der Waals surface area contributed by atoms with Crippen molar-refractivity contribution in [3.05, 3.63) is 29.0 Å². The average molecular weight is 212 g/mol. The quantitative estimate of drug-likeness (QED) is 0.728. The normalized spacial score (nSPS) is 10.3. The number of aryl methyl sites for hydroxylation is 1. The molecule has 0 spiro atoms. The van der Waals surface area contributed by atoms with E-state index in [1.54, 1.807) is 0 Å². The summed E-state index contributed by atoms with van der Waals surface area (Å²) >= 11 is 6.92. The third-order valence-electron chi connectivity index (χ3n) is 1.58. The maximum atomic E-state index is 5.82. The van der Waals surface area contributed by atoms with Crippen LogP contribution < -0.4 is 0 Å². The molecule has 0 fully saturated rings. The van der Waals surface area contributed by atoms with E-state index in [-0.39, 0.29) is 0 Å². The Labute approximate surface area is 84.7 Å². The number of rotatable bonds is 1. The Kier molecular flexibility index (Phi) is 2.24. The van der Waals surface area contributed by atoms with Gasteiger partial charge in [0.15, 0.2) is 5.15 Å². The summed E-state index contributed by atoms with van der Waals surface area (Å²) in [5.41, 5.74) is 2.38. The van der Waals surface area contributed by atoms with Gasteiger partial charge in [0.05, 0.1) is 17.4 Å². The monoisotopic (exact) mass is 211 g/mol. The van der Waals surface area contributed by atoms with Crippen molar-refractivity contribution in [1.29, 1.82) is 0 Å². The fourth-order valence-electron chi connectivity index (χ4n) is 1.01. The van der Waals surface area contributed by atoms with Gasteiger partial charge < -0.3 is 0 Å². The third-order valence-corrected chi connectivity index (χ3v) is 2.47. The molecule has 2 aromatic heterocycles. The molecule has 0 aromatic carbocycles. The fourth-order valence-corrected chi connectivity index (χ4v) is 1.75. The van der Waals surface area contributed by atoms with Crippen LogP contribution in [0, 0.1) is 6.92 Å². The molecule has 2 aromatic rings. The number of nitrogens with zero attached hydrogens (tertiary/aromatic N) is 3. The summed E-state index contributed by atoms with van der Waals surface area (Å²) in [5.74, 6) is 0. The summed E-state index contributed by atoms with van der Waals surface area (Å²) in [6.45, 7) is 1.93. The van der Waals surface area contributed by atoms with Crippen LogP contribution >= 0.6 is 23.3 Å². The molecule has 0 saturated heterocycles. The van der Waals surface area contributed by atoms with E-state index in [1.807, 2.05) is 25.1 Å². The number of halogens is 1. The van der Waals surface area contributed by atoms with Gasteiger partial charge in [0.2, 0.25) is 0 Å². The van der Waals surface area contributed by atoms with Crippen LogP contribution in [-0.4, -0.2) is 13.7 Å². The van der Waals surface area contributed by atoms with Crippen molar-refractivity contribution in [2.45, 2.75) is 6.92 Å². The van der Waals surface area contributed by atoms with Gasteiger partial charge >= 0.3 is 0 Å². The predicted molar refractivity (Wildman–Crippen MR) is 52.9 cm³/mol. The Hall–Kier alpha value is -1.000. The first-order chi connectivity index (χ1) is 6.27. The van der Waals surface area contributed by atoms with E-state index in [9.17, 15) is 0 Å². The summed E-state index contributed by atoms with van der Waals surface area (Å²) in [6.07, 6.45) is 0. The third kappa shape index (κ3) is 1.68. The Morgan fingerprint density at radius 2 is 2.15 bits per heavy atom. The van der Waals surface area contributed by atoms with Crippen LogP contribution in [0.5, 0.6) is 0 Å². The van der Waals surface area contributed by atoms with Crippen molar-refractivity contribution in [3.63, 3.8) is 0 Å². The lowest BCUT2D eigenvalue weighted by atomic mass is 10.2. The molecule has 2 heterocycles. The standard InChI is InChI=1S/C8H6ClN3S/c1-5-3-2-4-6(10-5)7-8(9)12-13-11-7/h2-4H,1H3. The van der Waals surface area contributed by atoms with Gasteiger partial charge in [0, 0.05) is 5.69 Å². The van der Waals surface area contributed by atoms with Crippen LogP contribution in [0.1, 0.15) is 5.69 Å². The van der Waals surface area contributed by atoms with Gasteiger partial charge in [-0.2, -0.15) is 8.75 Å². The van der Waals surface area contributed by atoms with E-state index < -0.39 is 0 Å². The Morgan fingerprint density at radius 3 is 2.77 bits per heavy atom. The summed E-state index contributed by atoms with van der Waals surface area (Å²) < 4.78 is 7.94. The first kappa shape index (κ1) is 8.59. The minimum absolute atomic E-state index is 0.420. The van der Waals surface area contributed by atoms with Crippen molar-refractivity contribution in [1.82, 2.24) is 13.7 Å². The second kappa shape index (κ2) is 3.40. The lowest BCUT2D eigenvalue weighted by molar-refractivity contribution is 1.19. The molecule has 2 rings (SSSR count). The van der Waals surface area contributed by atoms with Gasteiger partial charge in [-0.25, -0.2) is 0 Å². The van der Waals surface area contributed by atoms with E-state index >= 15 is 0 Å². The zero-order valence-corrected chi connectivity index (χ0v) is 8.43.